The summed E-state index contributed by atoms with van der Waals surface area (Å²) >= 11 is 0. The quantitative estimate of drug-likeness (QED) is 0.470. The Balaban J connectivity index is 1.76. The van der Waals surface area contributed by atoms with Crippen molar-refractivity contribution in [1.82, 2.24) is 0 Å². The van der Waals surface area contributed by atoms with Crippen molar-refractivity contribution in [3.05, 3.63) is 119 Å². The fraction of sp³-hybridized carbons (Fsp3) is 0.0769. The maximum Gasteiger partial charge on any atom is 0.294 e. The zero-order valence-electron chi connectivity index (χ0n) is 17.9. The highest BCUT2D eigenvalue weighted by Gasteiger charge is 2.55. The molecular formula is C26H20N2O5S. The lowest BCUT2D eigenvalue weighted by molar-refractivity contribution is 0.0968. The van der Waals surface area contributed by atoms with Crippen LogP contribution in [0.4, 0.5) is 11.4 Å². The van der Waals surface area contributed by atoms with Crippen LogP contribution in [0.2, 0.25) is 0 Å². The van der Waals surface area contributed by atoms with E-state index in [1.54, 1.807) is 54.6 Å². The Kier molecular flexibility index (Phi) is 5.19. The van der Waals surface area contributed by atoms with Gasteiger partial charge in [-0.3, -0.25) is 14.1 Å². The number of allylic oxidation sites excluding steroid dienone is 1. The summed E-state index contributed by atoms with van der Waals surface area (Å²) in [6.45, 7) is 0. The molecule has 0 saturated heterocycles. The van der Waals surface area contributed by atoms with Crippen LogP contribution in [-0.2, 0) is 10.1 Å². The molecule has 0 bridgehead atoms. The Morgan fingerprint density at radius 2 is 1.26 bits per heavy atom. The molecule has 2 aliphatic carbocycles. The normalized spacial score (nSPS) is 19.7. The van der Waals surface area contributed by atoms with Crippen LogP contribution in [0, 0.1) is 0 Å². The number of rotatable bonds is 5. The summed E-state index contributed by atoms with van der Waals surface area (Å²) in [5.74, 6) is -1.13. The van der Waals surface area contributed by atoms with E-state index in [2.05, 4.69) is 10.6 Å². The molecule has 5 rings (SSSR count). The van der Waals surface area contributed by atoms with Crippen molar-refractivity contribution >= 4 is 33.1 Å². The van der Waals surface area contributed by atoms with E-state index in [1.165, 1.54) is 18.2 Å². The third-order valence-electron chi connectivity index (χ3n) is 6.00. The lowest BCUT2D eigenvalue weighted by atomic mass is 9.76. The van der Waals surface area contributed by atoms with E-state index < -0.39 is 26.6 Å². The molecule has 2 aliphatic rings. The van der Waals surface area contributed by atoms with Crippen LogP contribution in [0.5, 0.6) is 0 Å². The van der Waals surface area contributed by atoms with E-state index in [-0.39, 0.29) is 28.7 Å². The number of Topliss-reactive ketones (excluding diaryl/α,β-unsaturated/α-hetero) is 2. The zero-order chi connectivity index (χ0) is 23.9. The van der Waals surface area contributed by atoms with Crippen LogP contribution in [0.3, 0.4) is 0 Å². The van der Waals surface area contributed by atoms with Crippen LogP contribution in [-0.4, -0.2) is 29.4 Å². The van der Waals surface area contributed by atoms with Gasteiger partial charge >= 0.3 is 0 Å². The summed E-state index contributed by atoms with van der Waals surface area (Å²) in [6.07, 6.45) is 1.24. The summed E-state index contributed by atoms with van der Waals surface area (Å²) < 4.78 is 36.4. The Labute approximate surface area is 196 Å². The van der Waals surface area contributed by atoms with Crippen LogP contribution in [0.15, 0.2) is 108 Å². The van der Waals surface area contributed by atoms with Gasteiger partial charge in [0.2, 0.25) is 0 Å². The monoisotopic (exact) mass is 472 g/mol. The Bertz CT molecular complexity index is 1480. The van der Waals surface area contributed by atoms with Crippen molar-refractivity contribution in [2.45, 2.75) is 11.3 Å². The van der Waals surface area contributed by atoms with Crippen molar-refractivity contribution < 1.29 is 22.6 Å². The van der Waals surface area contributed by atoms with Crippen molar-refractivity contribution in [1.29, 1.82) is 0 Å². The van der Waals surface area contributed by atoms with E-state index in [0.29, 0.717) is 17.1 Å². The summed E-state index contributed by atoms with van der Waals surface area (Å²) in [6, 6.07) is 23.7. The molecule has 0 saturated carbocycles. The van der Waals surface area contributed by atoms with Crippen molar-refractivity contribution in [2.75, 3.05) is 10.6 Å². The maximum absolute atomic E-state index is 13.8. The highest BCUT2D eigenvalue weighted by atomic mass is 32.2. The van der Waals surface area contributed by atoms with Crippen LogP contribution in [0.25, 0.3) is 0 Å². The molecule has 0 aliphatic heterocycles. The molecule has 0 fully saturated rings. The third kappa shape index (κ3) is 3.44. The van der Waals surface area contributed by atoms with Gasteiger partial charge in [0.1, 0.15) is 0 Å². The molecule has 0 spiro atoms. The molecule has 3 aromatic carbocycles. The number of fused-ring (bicyclic) bond motifs is 1. The highest BCUT2D eigenvalue weighted by molar-refractivity contribution is 7.87. The second-order valence-electron chi connectivity index (χ2n) is 8.06. The number of carbonyl (C=O) groups is 2. The molecule has 1 unspecified atom stereocenters. The van der Waals surface area contributed by atoms with Crippen LogP contribution >= 0.6 is 0 Å². The second-order valence-corrected chi connectivity index (χ2v) is 9.71. The molecule has 7 nitrogen and oxygen atoms in total. The summed E-state index contributed by atoms with van der Waals surface area (Å²) in [7, 11) is -4.93. The van der Waals surface area contributed by atoms with Gasteiger partial charge in [-0.05, 0) is 24.3 Å². The number of anilines is 2. The first-order valence-electron chi connectivity index (χ1n) is 10.6. The summed E-state index contributed by atoms with van der Waals surface area (Å²) in [5, 5.41) is 6.00. The van der Waals surface area contributed by atoms with Gasteiger partial charge in [0.15, 0.2) is 16.4 Å². The van der Waals surface area contributed by atoms with E-state index in [4.69, 9.17) is 0 Å². The van der Waals surface area contributed by atoms with Crippen molar-refractivity contribution in [3.8, 4) is 0 Å². The topological polar surface area (TPSA) is 113 Å². The number of hydrogen-bond acceptors (Lipinski definition) is 6. The first kappa shape index (κ1) is 21.8. The molecule has 0 radical (unpaired) electrons. The third-order valence-corrected chi connectivity index (χ3v) is 7.35. The van der Waals surface area contributed by atoms with E-state index in [1.807, 2.05) is 18.2 Å². The van der Waals surface area contributed by atoms with Crippen molar-refractivity contribution in [3.63, 3.8) is 0 Å². The van der Waals surface area contributed by atoms with Gasteiger partial charge in [0.05, 0.1) is 11.1 Å². The van der Waals surface area contributed by atoms with Gasteiger partial charge in [-0.25, -0.2) is 0 Å². The lowest BCUT2D eigenvalue weighted by Crippen LogP contribution is -2.53. The summed E-state index contributed by atoms with van der Waals surface area (Å²) in [5.41, 5.74) is 1.23. The molecule has 8 heteroatoms. The number of benzene rings is 3. The van der Waals surface area contributed by atoms with E-state index >= 15 is 0 Å². The van der Waals surface area contributed by atoms with Crippen molar-refractivity contribution in [2.24, 2.45) is 0 Å². The van der Waals surface area contributed by atoms with Gasteiger partial charge < -0.3 is 10.6 Å². The predicted molar refractivity (Wildman–Crippen MR) is 129 cm³/mol. The van der Waals surface area contributed by atoms with Gasteiger partial charge in [0.25, 0.3) is 10.1 Å². The number of ketones is 2. The van der Waals surface area contributed by atoms with Gasteiger partial charge in [-0.1, -0.05) is 66.7 Å². The van der Waals surface area contributed by atoms with Crippen LogP contribution < -0.4 is 10.6 Å². The number of carbonyl (C=O) groups excluding carboxylic acids is 2. The zero-order valence-corrected chi connectivity index (χ0v) is 18.7. The second kappa shape index (κ2) is 8.09. The molecule has 0 aromatic heterocycles. The smallest absolute Gasteiger partial charge is 0.294 e. The highest BCUT2D eigenvalue weighted by Crippen LogP contribution is 2.45. The number of hydrogen-bond donors (Lipinski definition) is 3. The van der Waals surface area contributed by atoms with E-state index in [9.17, 15) is 22.6 Å². The largest absolute Gasteiger partial charge is 0.361 e. The lowest BCUT2D eigenvalue weighted by Gasteiger charge is -2.39. The van der Waals surface area contributed by atoms with E-state index in [0.717, 1.165) is 0 Å². The van der Waals surface area contributed by atoms with Gasteiger partial charge in [0, 0.05) is 34.6 Å². The molecule has 34 heavy (non-hydrogen) atoms. The fourth-order valence-electron chi connectivity index (χ4n) is 4.43. The Morgan fingerprint density at radius 1 is 0.735 bits per heavy atom. The Hall–Kier alpha value is -4.01. The minimum atomic E-state index is -4.93. The molecular weight excluding hydrogens is 452 g/mol. The molecule has 170 valence electrons. The van der Waals surface area contributed by atoms with Gasteiger partial charge in [-0.15, -0.1) is 0 Å². The van der Waals surface area contributed by atoms with Crippen LogP contribution in [0.1, 0.15) is 27.1 Å². The molecule has 3 aromatic rings. The SMILES string of the molecule is O=C1C2=C(C(=O)c3ccccc31)C(Nc1ccccc1)(S(=O)(=O)O)CC=C2Nc1ccccc1. The fourth-order valence-corrected chi connectivity index (χ4v) is 5.42. The average Bonchev–Trinajstić information content (AvgIpc) is 2.84. The minimum absolute atomic E-state index is 0.0835. The number of nitrogens with one attached hydrogen (secondary N) is 2. The number of para-hydroxylation sites is 2. The molecule has 1 atom stereocenters. The first-order chi connectivity index (χ1) is 16.3. The average molecular weight is 473 g/mol. The molecule has 0 amide bonds. The molecule has 0 heterocycles. The maximum atomic E-state index is 13.8. The summed E-state index contributed by atoms with van der Waals surface area (Å²) in [4.78, 5) is 25.2. The van der Waals surface area contributed by atoms with Gasteiger partial charge in [-0.2, -0.15) is 8.42 Å². The standard InChI is InChI=1S/C26H20N2O5S/c29-24-19-13-7-8-14-20(19)25(30)23-22(24)21(27-17-9-3-1-4-10-17)15-16-26(23,34(31,32)33)28-18-11-5-2-6-12-18/h1-15,27-28H,16H2,(H,31,32,33). The minimum Gasteiger partial charge on any atom is -0.361 e. The Morgan fingerprint density at radius 3 is 1.85 bits per heavy atom. The first-order valence-corrected chi connectivity index (χ1v) is 12.0. The predicted octanol–water partition coefficient (Wildman–Crippen LogP) is 4.46. The molecule has 3 N–H and O–H groups in total.